The fourth-order valence-corrected chi connectivity index (χ4v) is 2.11. The second kappa shape index (κ2) is 5.28. The molecule has 0 aromatic carbocycles. The van der Waals surface area contributed by atoms with Crippen LogP contribution < -0.4 is 5.32 Å². The smallest absolute Gasteiger partial charge is 0.226 e. The van der Waals surface area contributed by atoms with E-state index in [2.05, 4.69) is 44.3 Å². The quantitative estimate of drug-likeness (QED) is 0.740. The number of hydrogen-bond donors (Lipinski definition) is 2. The van der Waals surface area contributed by atoms with E-state index in [4.69, 9.17) is 0 Å². The third kappa shape index (κ3) is 2.11. The largest absolute Gasteiger partial charge is 0.354 e. The van der Waals surface area contributed by atoms with E-state index in [1.54, 1.807) is 12.4 Å². The minimum atomic E-state index is 0.606. The van der Waals surface area contributed by atoms with Gasteiger partial charge in [-0.2, -0.15) is 15.1 Å². The molecule has 0 unspecified atom stereocenters. The lowest BCUT2D eigenvalue weighted by atomic mass is 10.3. The van der Waals surface area contributed by atoms with E-state index in [0.29, 0.717) is 5.95 Å². The molecule has 20 heavy (non-hydrogen) atoms. The lowest BCUT2D eigenvalue weighted by molar-refractivity contribution is 0.867. The Bertz CT molecular complexity index is 712. The molecule has 0 spiro atoms. The Labute approximate surface area is 116 Å². The third-order valence-electron chi connectivity index (χ3n) is 3.08. The third-order valence-corrected chi connectivity index (χ3v) is 3.08. The van der Waals surface area contributed by atoms with Gasteiger partial charge in [-0.25, -0.2) is 4.98 Å². The molecule has 0 saturated heterocycles. The highest BCUT2D eigenvalue weighted by atomic mass is 15.2. The molecule has 3 aromatic heterocycles. The summed E-state index contributed by atoms with van der Waals surface area (Å²) in [5.41, 5.74) is 0.726. The Kier molecular flexibility index (Phi) is 3.32. The molecule has 0 fully saturated rings. The van der Waals surface area contributed by atoms with Crippen molar-refractivity contribution in [3.05, 3.63) is 24.4 Å². The first-order valence-electron chi connectivity index (χ1n) is 6.81. The summed E-state index contributed by atoms with van der Waals surface area (Å²) < 4.78 is 1.98. The Hall–Kier alpha value is -2.44. The number of nitrogens with zero attached hydrogens (tertiary/aromatic N) is 5. The van der Waals surface area contributed by atoms with Crippen molar-refractivity contribution in [3.63, 3.8) is 0 Å². The van der Waals surface area contributed by atoms with Crippen molar-refractivity contribution < 1.29 is 0 Å². The van der Waals surface area contributed by atoms with E-state index < -0.39 is 0 Å². The van der Waals surface area contributed by atoms with Gasteiger partial charge in [-0.1, -0.05) is 13.8 Å². The van der Waals surface area contributed by atoms with Gasteiger partial charge in [0, 0.05) is 25.4 Å². The standard InChI is InChI=1S/C13H17N7/c1-3-5-15-13-17-11-9(8-16-19-11)12(18-13)20-7-6-14-10(20)4-2/h6-8H,3-5H2,1-2H3,(H2,15,16,17,18,19). The number of rotatable bonds is 5. The number of imidazole rings is 1. The number of aromatic nitrogens is 6. The molecule has 0 amide bonds. The van der Waals surface area contributed by atoms with Crippen LogP contribution in [0.2, 0.25) is 0 Å². The second-order valence-electron chi connectivity index (χ2n) is 4.50. The van der Waals surface area contributed by atoms with E-state index >= 15 is 0 Å². The fourth-order valence-electron chi connectivity index (χ4n) is 2.11. The van der Waals surface area contributed by atoms with E-state index in [1.807, 2.05) is 10.8 Å². The maximum Gasteiger partial charge on any atom is 0.226 e. The first-order chi connectivity index (χ1) is 9.83. The molecule has 3 heterocycles. The molecule has 0 aliphatic heterocycles. The van der Waals surface area contributed by atoms with Crippen LogP contribution in [-0.4, -0.2) is 36.3 Å². The van der Waals surface area contributed by atoms with Crippen molar-refractivity contribution in [1.82, 2.24) is 29.7 Å². The zero-order valence-electron chi connectivity index (χ0n) is 11.6. The van der Waals surface area contributed by atoms with E-state index in [-0.39, 0.29) is 0 Å². The van der Waals surface area contributed by atoms with Crippen LogP contribution >= 0.6 is 0 Å². The topological polar surface area (TPSA) is 84.3 Å². The average molecular weight is 271 g/mol. The van der Waals surface area contributed by atoms with E-state index in [0.717, 1.165) is 42.1 Å². The molecule has 0 aliphatic rings. The summed E-state index contributed by atoms with van der Waals surface area (Å²) in [4.78, 5) is 13.4. The maximum atomic E-state index is 4.60. The van der Waals surface area contributed by atoms with Gasteiger partial charge in [-0.05, 0) is 6.42 Å². The minimum absolute atomic E-state index is 0.606. The average Bonchev–Trinajstić information content (AvgIpc) is 3.12. The van der Waals surface area contributed by atoms with Crippen LogP contribution in [0.5, 0.6) is 0 Å². The van der Waals surface area contributed by atoms with Crippen molar-refractivity contribution in [3.8, 4) is 5.82 Å². The lowest BCUT2D eigenvalue weighted by Gasteiger charge is -2.09. The Morgan fingerprint density at radius 3 is 3.00 bits per heavy atom. The van der Waals surface area contributed by atoms with Crippen LogP contribution in [-0.2, 0) is 6.42 Å². The number of aryl methyl sites for hydroxylation is 1. The predicted octanol–water partition coefficient (Wildman–Crippen LogP) is 1.92. The normalized spacial score (nSPS) is 11.1. The molecule has 0 atom stereocenters. The zero-order valence-corrected chi connectivity index (χ0v) is 11.6. The monoisotopic (exact) mass is 271 g/mol. The molecule has 0 radical (unpaired) electrons. The van der Waals surface area contributed by atoms with Crippen molar-refractivity contribution in [2.45, 2.75) is 26.7 Å². The zero-order chi connectivity index (χ0) is 13.9. The Morgan fingerprint density at radius 1 is 1.30 bits per heavy atom. The molecule has 3 rings (SSSR count). The van der Waals surface area contributed by atoms with E-state index in [1.165, 1.54) is 0 Å². The fraction of sp³-hybridized carbons (Fsp3) is 0.385. The minimum Gasteiger partial charge on any atom is -0.354 e. The van der Waals surface area contributed by atoms with Crippen molar-refractivity contribution in [1.29, 1.82) is 0 Å². The number of hydrogen-bond acceptors (Lipinski definition) is 5. The number of H-pyrrole nitrogens is 1. The predicted molar refractivity (Wildman–Crippen MR) is 77.0 cm³/mol. The molecule has 0 aliphatic carbocycles. The Morgan fingerprint density at radius 2 is 2.20 bits per heavy atom. The van der Waals surface area contributed by atoms with Gasteiger partial charge in [0.25, 0.3) is 0 Å². The SMILES string of the molecule is CCCNc1nc(-n2ccnc2CC)c2cn[nH]c2n1. The van der Waals surface area contributed by atoms with Crippen LogP contribution in [0.4, 0.5) is 5.95 Å². The summed E-state index contributed by atoms with van der Waals surface area (Å²) in [6.07, 6.45) is 7.30. The number of anilines is 1. The number of nitrogens with one attached hydrogen (secondary N) is 2. The van der Waals surface area contributed by atoms with Gasteiger partial charge >= 0.3 is 0 Å². The molecule has 3 aromatic rings. The summed E-state index contributed by atoms with van der Waals surface area (Å²) in [6.45, 7) is 5.01. The molecular weight excluding hydrogens is 254 g/mol. The maximum absolute atomic E-state index is 4.60. The van der Waals surface area contributed by atoms with Gasteiger partial charge in [-0.3, -0.25) is 9.67 Å². The molecule has 104 valence electrons. The second-order valence-corrected chi connectivity index (χ2v) is 4.50. The van der Waals surface area contributed by atoms with Crippen LogP contribution in [0.1, 0.15) is 26.1 Å². The first kappa shape index (κ1) is 12.6. The summed E-state index contributed by atoms with van der Waals surface area (Å²) in [7, 11) is 0. The van der Waals surface area contributed by atoms with Crippen molar-refractivity contribution >= 4 is 17.0 Å². The van der Waals surface area contributed by atoms with Crippen LogP contribution in [0.25, 0.3) is 16.9 Å². The summed E-state index contributed by atoms with van der Waals surface area (Å²) in [5.74, 6) is 2.37. The van der Waals surface area contributed by atoms with E-state index in [9.17, 15) is 0 Å². The Balaban J connectivity index is 2.14. The van der Waals surface area contributed by atoms with Gasteiger partial charge in [0.05, 0.1) is 11.6 Å². The molecule has 0 bridgehead atoms. The molecule has 2 N–H and O–H groups in total. The van der Waals surface area contributed by atoms with Crippen LogP contribution in [0, 0.1) is 0 Å². The van der Waals surface area contributed by atoms with Crippen molar-refractivity contribution in [2.75, 3.05) is 11.9 Å². The number of fused-ring (bicyclic) bond motifs is 1. The van der Waals surface area contributed by atoms with Gasteiger partial charge in [0.15, 0.2) is 11.5 Å². The van der Waals surface area contributed by atoms with Crippen LogP contribution in [0.15, 0.2) is 18.6 Å². The summed E-state index contributed by atoms with van der Waals surface area (Å²) in [6, 6.07) is 0. The molecule has 7 nitrogen and oxygen atoms in total. The summed E-state index contributed by atoms with van der Waals surface area (Å²) >= 11 is 0. The van der Waals surface area contributed by atoms with Gasteiger partial charge in [0.1, 0.15) is 5.82 Å². The lowest BCUT2D eigenvalue weighted by Crippen LogP contribution is -2.09. The summed E-state index contributed by atoms with van der Waals surface area (Å²) in [5, 5.41) is 11.1. The number of aromatic amines is 1. The molecular formula is C13H17N7. The van der Waals surface area contributed by atoms with Gasteiger partial charge in [-0.15, -0.1) is 0 Å². The molecule has 0 saturated carbocycles. The first-order valence-corrected chi connectivity index (χ1v) is 6.81. The highest BCUT2D eigenvalue weighted by Crippen LogP contribution is 2.20. The van der Waals surface area contributed by atoms with Gasteiger partial charge in [0.2, 0.25) is 5.95 Å². The van der Waals surface area contributed by atoms with Crippen LogP contribution in [0.3, 0.4) is 0 Å². The highest BCUT2D eigenvalue weighted by Gasteiger charge is 2.13. The van der Waals surface area contributed by atoms with Gasteiger partial charge < -0.3 is 5.32 Å². The highest BCUT2D eigenvalue weighted by molar-refractivity contribution is 5.82. The molecule has 7 heteroatoms. The van der Waals surface area contributed by atoms with Crippen molar-refractivity contribution in [2.24, 2.45) is 0 Å².